The van der Waals surface area contributed by atoms with Crippen molar-refractivity contribution in [1.29, 1.82) is 0 Å². The molecule has 6 atom stereocenters. The molecule has 9 nitrogen and oxygen atoms in total. The van der Waals surface area contributed by atoms with E-state index in [1.807, 2.05) is 77.6 Å². The number of rotatable bonds is 8. The largest absolute Gasteiger partial charge is 0.481 e. The fraction of sp³-hybridized carbons (Fsp3) is 0.262. The predicted molar refractivity (Wildman–Crippen MR) is 195 cm³/mol. The number of nitrogens with one attached hydrogen (secondary N) is 1. The Morgan fingerprint density at radius 1 is 0.769 bits per heavy atom. The van der Waals surface area contributed by atoms with Gasteiger partial charge in [-0.25, -0.2) is 23.6 Å². The Hall–Kier alpha value is -5.90. The minimum absolute atomic E-state index is 0.165. The molecule has 258 valence electrons. The summed E-state index contributed by atoms with van der Waals surface area (Å²) in [6, 6.07) is 35.4. The smallest absolute Gasteiger partial charge is 0.308 e. The molecule has 11 rings (SSSR count). The van der Waals surface area contributed by atoms with Gasteiger partial charge in [0.15, 0.2) is 11.5 Å². The predicted octanol–water partition coefficient (Wildman–Crippen LogP) is 7.67. The highest BCUT2D eigenvalue weighted by Gasteiger charge is 2.59. The quantitative estimate of drug-likeness (QED) is 0.158. The number of anilines is 1. The number of pyridine rings is 1. The molecule has 10 heteroatoms. The number of nitrogens with zero attached hydrogens (tertiary/aromatic N) is 6. The lowest BCUT2D eigenvalue weighted by molar-refractivity contribution is -0.160. The van der Waals surface area contributed by atoms with Crippen LogP contribution in [0.2, 0.25) is 0 Å². The van der Waals surface area contributed by atoms with E-state index in [9.17, 15) is 9.90 Å². The highest BCUT2D eigenvalue weighted by molar-refractivity contribution is 5.90. The number of aromatic nitrogens is 6. The van der Waals surface area contributed by atoms with Gasteiger partial charge in [-0.05, 0) is 84.2 Å². The minimum Gasteiger partial charge on any atom is -0.481 e. The molecule has 0 radical (unpaired) electrons. The number of aliphatic carboxylic acids is 1. The van der Waals surface area contributed by atoms with Crippen LogP contribution in [0.25, 0.3) is 28.1 Å². The van der Waals surface area contributed by atoms with Crippen LogP contribution in [0, 0.1) is 35.4 Å². The molecule has 0 amide bonds. The molecule has 2 unspecified atom stereocenters. The van der Waals surface area contributed by atoms with E-state index in [1.54, 1.807) is 4.52 Å². The minimum atomic E-state index is -1.01. The van der Waals surface area contributed by atoms with E-state index in [-0.39, 0.29) is 23.7 Å². The van der Waals surface area contributed by atoms with Crippen LogP contribution in [-0.4, -0.2) is 46.5 Å². The lowest BCUT2D eigenvalue weighted by Crippen LogP contribution is -2.61. The number of carboxylic acid groups (broad SMARTS) is 1. The molecule has 52 heavy (non-hydrogen) atoms. The van der Waals surface area contributed by atoms with Gasteiger partial charge in [-0.3, -0.25) is 4.79 Å². The maximum Gasteiger partial charge on any atom is 0.308 e. The fourth-order valence-electron chi connectivity index (χ4n) is 9.96. The Balaban J connectivity index is 1.20. The second kappa shape index (κ2) is 11.8. The first-order valence-electron chi connectivity index (χ1n) is 18.1. The van der Waals surface area contributed by atoms with Crippen molar-refractivity contribution < 1.29 is 14.3 Å². The maximum absolute atomic E-state index is 15.3. The lowest BCUT2D eigenvalue weighted by Gasteiger charge is -2.60. The molecule has 2 N–H and O–H groups in total. The van der Waals surface area contributed by atoms with Crippen molar-refractivity contribution in [2.24, 2.45) is 29.6 Å². The van der Waals surface area contributed by atoms with Gasteiger partial charge in [-0.2, -0.15) is 5.10 Å². The van der Waals surface area contributed by atoms with Crippen molar-refractivity contribution in [2.75, 3.05) is 5.32 Å². The van der Waals surface area contributed by atoms with Crippen LogP contribution >= 0.6 is 0 Å². The van der Waals surface area contributed by atoms with Crippen LogP contribution in [0.5, 0.6) is 0 Å². The summed E-state index contributed by atoms with van der Waals surface area (Å²) < 4.78 is 18.9. The molecule has 2 bridgehead atoms. The summed E-state index contributed by atoms with van der Waals surface area (Å²) >= 11 is 0. The van der Waals surface area contributed by atoms with E-state index in [4.69, 9.17) is 20.2 Å². The van der Waals surface area contributed by atoms with Crippen molar-refractivity contribution >= 4 is 28.3 Å². The summed E-state index contributed by atoms with van der Waals surface area (Å²) in [4.78, 5) is 22.6. The Morgan fingerprint density at radius 2 is 1.37 bits per heavy atom. The van der Waals surface area contributed by atoms with Gasteiger partial charge in [0.1, 0.15) is 22.6 Å². The number of hydrogen-bond acceptors (Lipinski definition) is 6. The number of benzene rings is 3. The summed E-state index contributed by atoms with van der Waals surface area (Å²) in [5.74, 6) is 0.561. The van der Waals surface area contributed by atoms with Gasteiger partial charge in [0.25, 0.3) is 0 Å². The zero-order chi connectivity index (χ0) is 35.0. The SMILES string of the molecule is O=C(O)[C@@H]1[C@@H](Nc2nc(-c3nn(C(c4ccccc4)(c4ccccc4)c4ccccc4)c4ncc(F)cc34)nn3cccc23)[C@@H]2CC[C@H]1C1CCC12. The Kier molecular flexibility index (Phi) is 7.03. The summed E-state index contributed by atoms with van der Waals surface area (Å²) in [6.45, 7) is 0. The second-order valence-electron chi connectivity index (χ2n) is 14.6. The Bertz CT molecular complexity index is 2350. The van der Waals surface area contributed by atoms with Crippen LogP contribution in [0.3, 0.4) is 0 Å². The maximum atomic E-state index is 15.3. The average Bonchev–Trinajstić information content (AvgIpc) is 3.79. The van der Waals surface area contributed by atoms with E-state index in [0.717, 1.165) is 47.9 Å². The monoisotopic (exact) mass is 689 g/mol. The van der Waals surface area contributed by atoms with Crippen LogP contribution in [0.4, 0.5) is 10.2 Å². The number of hydrogen-bond donors (Lipinski definition) is 2. The van der Waals surface area contributed by atoms with Crippen LogP contribution < -0.4 is 5.32 Å². The number of carbonyl (C=O) groups is 1. The third-order valence-corrected chi connectivity index (χ3v) is 12.2. The lowest BCUT2D eigenvalue weighted by atomic mass is 9.46. The molecule has 4 saturated carbocycles. The van der Waals surface area contributed by atoms with Crippen LogP contribution in [0.1, 0.15) is 42.4 Å². The molecule has 7 aromatic rings. The molecule has 0 aliphatic heterocycles. The normalized spacial score (nSPS) is 23.7. The van der Waals surface area contributed by atoms with Crippen LogP contribution in [0.15, 0.2) is 122 Å². The molecular weight excluding hydrogens is 654 g/mol. The highest BCUT2D eigenvalue weighted by Crippen LogP contribution is 2.60. The van der Waals surface area contributed by atoms with Crippen molar-refractivity contribution in [3.05, 3.63) is 144 Å². The van der Waals surface area contributed by atoms with Gasteiger partial charge >= 0.3 is 5.97 Å². The average molecular weight is 690 g/mol. The molecule has 4 aliphatic rings. The standard InChI is InChI=1S/C42H36FN7O2/c43-28-23-33-37(39-46-38(34-17-10-22-49(34)48-39)45-36-32-21-20-31(35(36)41(51)52)29-18-19-30(29)32)47-50(40(33)44-24-28)42(25-11-4-1-5-12-25,26-13-6-2-7-14-26)27-15-8-3-9-16-27/h1-17,22-24,29-32,35-36H,18-21H2,(H,51,52)(H,45,46,48)/t29?,30?,31-,32+,35-,36-/m0/s1. The Morgan fingerprint density at radius 3 is 1.98 bits per heavy atom. The van der Waals surface area contributed by atoms with Crippen molar-refractivity contribution in [3.63, 3.8) is 0 Å². The molecule has 0 spiro atoms. The third-order valence-electron chi connectivity index (χ3n) is 12.2. The van der Waals surface area contributed by atoms with Gasteiger partial charge in [-0.1, -0.05) is 91.0 Å². The first-order chi connectivity index (χ1) is 25.5. The van der Waals surface area contributed by atoms with Crippen molar-refractivity contribution in [3.8, 4) is 11.5 Å². The van der Waals surface area contributed by atoms with Gasteiger partial charge in [0.2, 0.25) is 5.82 Å². The second-order valence-corrected chi connectivity index (χ2v) is 14.6. The number of halogens is 1. The topological polar surface area (TPSA) is 110 Å². The summed E-state index contributed by atoms with van der Waals surface area (Å²) in [7, 11) is 0. The summed E-state index contributed by atoms with van der Waals surface area (Å²) in [5.41, 5.74) is 3.38. The third kappa shape index (κ3) is 4.49. The number of fused-ring (bicyclic) bond motifs is 4. The van der Waals surface area contributed by atoms with Crippen molar-refractivity contribution in [2.45, 2.75) is 37.3 Å². The van der Waals surface area contributed by atoms with E-state index in [0.29, 0.717) is 34.4 Å². The fourth-order valence-corrected chi connectivity index (χ4v) is 9.96. The molecule has 4 aromatic heterocycles. The van der Waals surface area contributed by atoms with Crippen molar-refractivity contribution in [1.82, 2.24) is 29.4 Å². The zero-order valence-electron chi connectivity index (χ0n) is 28.3. The van der Waals surface area contributed by atoms with E-state index >= 15 is 4.39 Å². The zero-order valence-corrected chi connectivity index (χ0v) is 28.3. The van der Waals surface area contributed by atoms with Gasteiger partial charge in [0, 0.05) is 12.2 Å². The molecule has 4 heterocycles. The Labute approximate surface area is 299 Å². The highest BCUT2D eigenvalue weighted by atomic mass is 19.1. The van der Waals surface area contributed by atoms with Gasteiger partial charge in [0.05, 0.1) is 17.5 Å². The molecule has 3 aromatic carbocycles. The van der Waals surface area contributed by atoms with Crippen LogP contribution in [-0.2, 0) is 10.3 Å². The van der Waals surface area contributed by atoms with E-state index in [2.05, 4.69) is 41.7 Å². The summed E-state index contributed by atoms with van der Waals surface area (Å²) in [5, 5.41) is 24.9. The molecule has 4 fully saturated rings. The van der Waals surface area contributed by atoms with Gasteiger partial charge in [-0.15, -0.1) is 5.10 Å². The number of carboxylic acids is 1. The molecule has 0 saturated heterocycles. The first-order valence-corrected chi connectivity index (χ1v) is 18.1. The molecule has 4 aliphatic carbocycles. The summed E-state index contributed by atoms with van der Waals surface area (Å²) in [6.07, 6.45) is 7.32. The van der Waals surface area contributed by atoms with Gasteiger partial charge < -0.3 is 10.4 Å². The van der Waals surface area contributed by atoms with E-state index in [1.165, 1.54) is 12.3 Å². The first kappa shape index (κ1) is 30.9. The molecular formula is C42H36FN7O2. The van der Waals surface area contributed by atoms with E-state index < -0.39 is 23.2 Å².